The summed E-state index contributed by atoms with van der Waals surface area (Å²) in [5.41, 5.74) is -0.178. The van der Waals surface area contributed by atoms with Gasteiger partial charge in [0.15, 0.2) is 5.16 Å². The van der Waals surface area contributed by atoms with Crippen LogP contribution in [0.1, 0.15) is 20.3 Å². The molecule has 1 aromatic rings. The molecule has 0 saturated carbocycles. The third-order valence-corrected chi connectivity index (χ3v) is 2.95. The molecule has 14 heavy (non-hydrogen) atoms. The van der Waals surface area contributed by atoms with Crippen molar-refractivity contribution in [3.05, 3.63) is 16.4 Å². The van der Waals surface area contributed by atoms with Gasteiger partial charge >= 0.3 is 0 Å². The van der Waals surface area contributed by atoms with Crippen molar-refractivity contribution >= 4 is 11.8 Å². The summed E-state index contributed by atoms with van der Waals surface area (Å²) in [6, 6.07) is 1.33. The summed E-state index contributed by atoms with van der Waals surface area (Å²) in [5, 5.41) is 1.05. The molecule has 0 aliphatic heterocycles. The number of rotatable bonds is 4. The Hall–Kier alpha value is -0.970. The van der Waals surface area contributed by atoms with Crippen molar-refractivity contribution in [1.29, 1.82) is 0 Å². The quantitative estimate of drug-likeness (QED) is 0.612. The summed E-state index contributed by atoms with van der Waals surface area (Å²) in [4.78, 5) is 17.9. The van der Waals surface area contributed by atoms with Gasteiger partial charge in [-0.05, 0) is 6.42 Å². The lowest BCUT2D eigenvalue weighted by Crippen LogP contribution is -2.09. The van der Waals surface area contributed by atoms with Crippen LogP contribution in [-0.4, -0.2) is 22.3 Å². The third-order valence-electron chi connectivity index (χ3n) is 1.79. The SMILES string of the molecule is CC[C@H](C)Sc1nc(OC)cc(=O)[nH]1. The zero-order chi connectivity index (χ0) is 10.6. The topological polar surface area (TPSA) is 55.0 Å². The standard InChI is InChI=1S/C9H14N2O2S/c1-4-6(2)14-9-10-7(12)5-8(11-9)13-3/h5-6H,4H2,1-3H3,(H,10,11,12)/t6-/m0/s1. The van der Waals surface area contributed by atoms with Gasteiger partial charge in [0.25, 0.3) is 5.56 Å². The minimum absolute atomic E-state index is 0.178. The molecule has 1 heterocycles. The minimum atomic E-state index is -0.178. The molecule has 0 bridgehead atoms. The number of aromatic amines is 1. The maximum Gasteiger partial charge on any atom is 0.255 e. The van der Waals surface area contributed by atoms with Crippen LogP contribution in [0, 0.1) is 0 Å². The van der Waals surface area contributed by atoms with Crippen LogP contribution in [0.15, 0.2) is 16.0 Å². The van der Waals surface area contributed by atoms with Crippen molar-refractivity contribution in [2.24, 2.45) is 0 Å². The van der Waals surface area contributed by atoms with Gasteiger partial charge in [0, 0.05) is 5.25 Å². The summed E-state index contributed by atoms with van der Waals surface area (Å²) in [5.74, 6) is 0.361. The Morgan fingerprint density at radius 3 is 3.00 bits per heavy atom. The number of hydrogen-bond acceptors (Lipinski definition) is 4. The van der Waals surface area contributed by atoms with Crippen LogP contribution in [0.3, 0.4) is 0 Å². The number of methoxy groups -OCH3 is 1. The second-order valence-corrected chi connectivity index (χ2v) is 4.36. The van der Waals surface area contributed by atoms with Crippen molar-refractivity contribution in [2.45, 2.75) is 30.7 Å². The first-order valence-electron chi connectivity index (χ1n) is 4.47. The number of nitrogens with zero attached hydrogens (tertiary/aromatic N) is 1. The second-order valence-electron chi connectivity index (χ2n) is 2.93. The molecule has 0 fully saturated rings. The molecule has 1 aromatic heterocycles. The summed E-state index contributed by atoms with van der Waals surface area (Å²) < 4.78 is 4.91. The highest BCUT2D eigenvalue weighted by Gasteiger charge is 2.05. The van der Waals surface area contributed by atoms with Crippen LogP contribution in [0.25, 0.3) is 0 Å². The van der Waals surface area contributed by atoms with Gasteiger partial charge in [-0.15, -0.1) is 0 Å². The molecule has 1 N–H and O–H groups in total. The first-order valence-corrected chi connectivity index (χ1v) is 5.35. The number of thioether (sulfide) groups is 1. The molecule has 1 rings (SSSR count). The zero-order valence-electron chi connectivity index (χ0n) is 8.53. The number of hydrogen-bond donors (Lipinski definition) is 1. The zero-order valence-corrected chi connectivity index (χ0v) is 9.35. The predicted octanol–water partition coefficient (Wildman–Crippen LogP) is 1.67. The number of H-pyrrole nitrogens is 1. The van der Waals surface area contributed by atoms with Crippen molar-refractivity contribution < 1.29 is 4.74 Å². The summed E-state index contributed by atoms with van der Waals surface area (Å²) in [6.45, 7) is 4.18. The molecular formula is C9H14N2O2S. The summed E-state index contributed by atoms with van der Waals surface area (Å²) >= 11 is 1.54. The molecule has 0 saturated heterocycles. The highest BCUT2D eigenvalue weighted by atomic mass is 32.2. The summed E-state index contributed by atoms with van der Waals surface area (Å²) in [7, 11) is 1.50. The van der Waals surface area contributed by atoms with E-state index in [0.717, 1.165) is 6.42 Å². The van der Waals surface area contributed by atoms with Crippen molar-refractivity contribution in [2.75, 3.05) is 7.11 Å². The van der Waals surface area contributed by atoms with Crippen molar-refractivity contribution in [3.63, 3.8) is 0 Å². The number of aromatic nitrogens is 2. The van der Waals surface area contributed by atoms with E-state index in [9.17, 15) is 4.79 Å². The van der Waals surface area contributed by atoms with Crippen LogP contribution in [0.4, 0.5) is 0 Å². The van der Waals surface area contributed by atoms with E-state index in [4.69, 9.17) is 4.74 Å². The highest BCUT2D eigenvalue weighted by Crippen LogP contribution is 2.21. The van der Waals surface area contributed by atoms with E-state index >= 15 is 0 Å². The lowest BCUT2D eigenvalue weighted by molar-refractivity contribution is 0.391. The van der Waals surface area contributed by atoms with Gasteiger partial charge in [0.05, 0.1) is 13.2 Å². The Morgan fingerprint density at radius 1 is 1.71 bits per heavy atom. The first-order chi connectivity index (χ1) is 6.65. The van der Waals surface area contributed by atoms with Gasteiger partial charge in [0.2, 0.25) is 5.88 Å². The van der Waals surface area contributed by atoms with E-state index in [1.165, 1.54) is 13.2 Å². The molecule has 0 aromatic carbocycles. The van der Waals surface area contributed by atoms with E-state index in [-0.39, 0.29) is 5.56 Å². The van der Waals surface area contributed by atoms with Gasteiger partial charge in [-0.3, -0.25) is 4.79 Å². The normalized spacial score (nSPS) is 12.5. The van der Waals surface area contributed by atoms with Gasteiger partial charge in [-0.1, -0.05) is 25.6 Å². The number of ether oxygens (including phenoxy) is 1. The largest absolute Gasteiger partial charge is 0.481 e. The fraction of sp³-hybridized carbons (Fsp3) is 0.556. The van der Waals surface area contributed by atoms with E-state index in [0.29, 0.717) is 16.3 Å². The molecular weight excluding hydrogens is 200 g/mol. The summed E-state index contributed by atoms with van der Waals surface area (Å²) in [6.07, 6.45) is 1.03. The average Bonchev–Trinajstić information content (AvgIpc) is 2.16. The van der Waals surface area contributed by atoms with Gasteiger partial charge in [0.1, 0.15) is 0 Å². The van der Waals surface area contributed by atoms with Crippen LogP contribution < -0.4 is 10.3 Å². The van der Waals surface area contributed by atoms with E-state index in [2.05, 4.69) is 23.8 Å². The van der Waals surface area contributed by atoms with E-state index in [1.54, 1.807) is 11.8 Å². The molecule has 4 nitrogen and oxygen atoms in total. The molecule has 0 aliphatic rings. The average molecular weight is 214 g/mol. The maximum absolute atomic E-state index is 11.2. The molecule has 5 heteroatoms. The maximum atomic E-state index is 11.2. The Labute approximate surface area is 87.1 Å². The Kier molecular flexibility index (Phi) is 4.00. The molecule has 0 amide bonds. The first kappa shape index (κ1) is 11.1. The Morgan fingerprint density at radius 2 is 2.43 bits per heavy atom. The second kappa shape index (κ2) is 5.05. The van der Waals surface area contributed by atoms with Crippen molar-refractivity contribution in [3.8, 4) is 5.88 Å². The molecule has 1 atom stereocenters. The van der Waals surface area contributed by atoms with Gasteiger partial charge in [-0.25, -0.2) is 0 Å². The van der Waals surface area contributed by atoms with Crippen LogP contribution in [0.2, 0.25) is 0 Å². The van der Waals surface area contributed by atoms with E-state index in [1.807, 2.05) is 0 Å². The lowest BCUT2D eigenvalue weighted by Gasteiger charge is -2.07. The van der Waals surface area contributed by atoms with E-state index < -0.39 is 0 Å². The van der Waals surface area contributed by atoms with Gasteiger partial charge in [-0.2, -0.15) is 4.98 Å². The third kappa shape index (κ3) is 3.06. The molecule has 0 spiro atoms. The Balaban J connectivity index is 2.86. The molecule has 78 valence electrons. The number of nitrogens with one attached hydrogen (secondary N) is 1. The van der Waals surface area contributed by atoms with Crippen LogP contribution in [-0.2, 0) is 0 Å². The fourth-order valence-electron chi connectivity index (χ4n) is 0.848. The molecule has 0 radical (unpaired) electrons. The molecule has 0 unspecified atom stereocenters. The van der Waals surface area contributed by atoms with Crippen LogP contribution >= 0.6 is 11.8 Å². The predicted molar refractivity (Wildman–Crippen MR) is 57.0 cm³/mol. The smallest absolute Gasteiger partial charge is 0.255 e. The minimum Gasteiger partial charge on any atom is -0.481 e. The highest BCUT2D eigenvalue weighted by molar-refractivity contribution is 7.99. The lowest BCUT2D eigenvalue weighted by atomic mass is 10.4. The van der Waals surface area contributed by atoms with Crippen molar-refractivity contribution in [1.82, 2.24) is 9.97 Å². The van der Waals surface area contributed by atoms with Gasteiger partial charge < -0.3 is 9.72 Å². The fourth-order valence-corrected chi connectivity index (χ4v) is 1.70. The monoisotopic (exact) mass is 214 g/mol. The Bertz CT molecular complexity index is 351. The molecule has 0 aliphatic carbocycles. The van der Waals surface area contributed by atoms with Crippen LogP contribution in [0.5, 0.6) is 5.88 Å².